The molecule has 0 radical (unpaired) electrons. The number of hydrogen-bond acceptors (Lipinski definition) is 8. The summed E-state index contributed by atoms with van der Waals surface area (Å²) in [6, 6.07) is 2.33. The quantitative estimate of drug-likeness (QED) is 0.344. The number of nitrogens with two attached hydrogens (primary N) is 1. The zero-order valence-electron chi connectivity index (χ0n) is 19.6. The summed E-state index contributed by atoms with van der Waals surface area (Å²) in [6.45, 7) is 1.88. The number of thioether (sulfide) groups is 1. The maximum atomic E-state index is 12.8. The molecule has 1 saturated heterocycles. The molecule has 2 saturated carbocycles. The van der Waals surface area contributed by atoms with E-state index in [1.165, 1.54) is 24.6 Å². The molecule has 3 fully saturated rings. The van der Waals surface area contributed by atoms with Crippen LogP contribution >= 0.6 is 11.8 Å². The summed E-state index contributed by atoms with van der Waals surface area (Å²) in [7, 11) is 0. The lowest BCUT2D eigenvalue weighted by molar-refractivity contribution is -0.192. The summed E-state index contributed by atoms with van der Waals surface area (Å²) in [4.78, 5) is 26.2. The van der Waals surface area contributed by atoms with Crippen LogP contribution in [0.5, 0.6) is 11.5 Å². The molecule has 0 unspecified atom stereocenters. The van der Waals surface area contributed by atoms with Crippen molar-refractivity contribution in [2.75, 3.05) is 24.6 Å². The van der Waals surface area contributed by atoms with Crippen LogP contribution in [0.4, 0.5) is 0 Å². The van der Waals surface area contributed by atoms with E-state index in [0.717, 1.165) is 43.0 Å². The van der Waals surface area contributed by atoms with E-state index < -0.39 is 29.1 Å². The van der Waals surface area contributed by atoms with Gasteiger partial charge < -0.3 is 31.1 Å². The first-order chi connectivity index (χ1) is 16.7. The number of aromatic hydroxyl groups is 1. The summed E-state index contributed by atoms with van der Waals surface area (Å²) in [5, 5.41) is 35.2. The molecular formula is C25H33N3O6S. The second kappa shape index (κ2) is 8.26. The van der Waals surface area contributed by atoms with Gasteiger partial charge >= 0.3 is 5.97 Å². The van der Waals surface area contributed by atoms with Crippen molar-refractivity contribution in [3.63, 3.8) is 0 Å². The first-order valence-corrected chi connectivity index (χ1v) is 13.7. The van der Waals surface area contributed by atoms with E-state index in [2.05, 4.69) is 10.2 Å². The van der Waals surface area contributed by atoms with Gasteiger partial charge in [-0.15, -0.1) is 11.8 Å². The fraction of sp³-hybridized carbons (Fsp3) is 0.680. The van der Waals surface area contributed by atoms with Crippen molar-refractivity contribution in [2.45, 2.75) is 73.8 Å². The van der Waals surface area contributed by atoms with Gasteiger partial charge in [-0.25, -0.2) is 0 Å². The summed E-state index contributed by atoms with van der Waals surface area (Å²) in [6.07, 6.45) is 4.63. The Morgan fingerprint density at radius 1 is 1.29 bits per heavy atom. The topological polar surface area (TPSA) is 145 Å². The number of carbonyl (C=O) groups is 2. The van der Waals surface area contributed by atoms with Crippen LogP contribution in [-0.4, -0.2) is 86.5 Å². The molecule has 0 aromatic heterocycles. The van der Waals surface area contributed by atoms with Crippen LogP contribution in [0.15, 0.2) is 12.1 Å². The highest BCUT2D eigenvalue weighted by Crippen LogP contribution is 2.65. The summed E-state index contributed by atoms with van der Waals surface area (Å²) < 4.78 is 6.44. The fourth-order valence-corrected chi connectivity index (χ4v) is 8.01. The third-order valence-corrected chi connectivity index (χ3v) is 10.0. The van der Waals surface area contributed by atoms with E-state index in [4.69, 9.17) is 15.6 Å². The molecule has 5 aliphatic rings. The van der Waals surface area contributed by atoms with Crippen LogP contribution in [-0.2, 0) is 21.4 Å². The zero-order chi connectivity index (χ0) is 24.5. The molecule has 2 aliphatic heterocycles. The van der Waals surface area contributed by atoms with Crippen LogP contribution < -0.4 is 15.8 Å². The molecular weight excluding hydrogens is 470 g/mol. The number of benzene rings is 1. The lowest BCUT2D eigenvalue weighted by atomic mass is 9.48. The van der Waals surface area contributed by atoms with Crippen LogP contribution in [0.25, 0.3) is 0 Å². The van der Waals surface area contributed by atoms with Gasteiger partial charge in [-0.05, 0) is 62.6 Å². The second-order valence-electron chi connectivity index (χ2n) is 11.0. The molecule has 6 N–H and O–H groups in total. The maximum Gasteiger partial charge on any atom is 0.321 e. The van der Waals surface area contributed by atoms with Gasteiger partial charge in [0.1, 0.15) is 12.1 Å². The second-order valence-corrected chi connectivity index (χ2v) is 12.0. The molecule has 2 heterocycles. The number of amides is 1. The van der Waals surface area contributed by atoms with Crippen LogP contribution in [0.2, 0.25) is 0 Å². The number of hydrogen-bond donors (Lipinski definition) is 5. The smallest absolute Gasteiger partial charge is 0.321 e. The lowest BCUT2D eigenvalue weighted by Crippen LogP contribution is -2.78. The Bertz CT molecular complexity index is 1070. The number of piperidine rings is 1. The van der Waals surface area contributed by atoms with Gasteiger partial charge in [0, 0.05) is 23.9 Å². The highest BCUT2D eigenvalue weighted by Gasteiger charge is 2.73. The van der Waals surface area contributed by atoms with Crippen molar-refractivity contribution in [3.05, 3.63) is 23.3 Å². The highest BCUT2D eigenvalue weighted by atomic mass is 32.2. The molecule has 1 spiro atoms. The van der Waals surface area contributed by atoms with Gasteiger partial charge in [-0.2, -0.15) is 0 Å². The molecule has 190 valence electrons. The van der Waals surface area contributed by atoms with Crippen molar-refractivity contribution >= 4 is 23.6 Å². The number of aliphatic hydroxyl groups is 1. The minimum Gasteiger partial charge on any atom is -0.504 e. The Hall–Kier alpha value is -2.01. The minimum atomic E-state index is -1.09. The van der Waals surface area contributed by atoms with Crippen LogP contribution in [0.3, 0.4) is 0 Å². The van der Waals surface area contributed by atoms with E-state index in [1.807, 2.05) is 6.07 Å². The summed E-state index contributed by atoms with van der Waals surface area (Å²) >= 11 is 1.19. The van der Waals surface area contributed by atoms with E-state index in [0.29, 0.717) is 18.6 Å². The number of likely N-dealkylation sites (tertiary alicyclic amines) is 1. The maximum absolute atomic E-state index is 12.8. The van der Waals surface area contributed by atoms with Gasteiger partial charge in [-0.3, -0.25) is 14.5 Å². The Morgan fingerprint density at radius 3 is 2.83 bits per heavy atom. The molecule has 3 aliphatic carbocycles. The number of nitrogens with zero attached hydrogens (tertiary/aromatic N) is 1. The van der Waals surface area contributed by atoms with Crippen LogP contribution in [0.1, 0.15) is 43.2 Å². The minimum absolute atomic E-state index is 0.00402. The number of carbonyl (C=O) groups excluding carboxylic acids is 1. The van der Waals surface area contributed by atoms with E-state index in [-0.39, 0.29) is 35.2 Å². The number of ether oxygens (including phenoxy) is 1. The molecule has 6 rings (SSSR count). The first kappa shape index (κ1) is 23.4. The van der Waals surface area contributed by atoms with E-state index in [1.54, 1.807) is 6.07 Å². The van der Waals surface area contributed by atoms with Crippen molar-refractivity contribution in [1.82, 2.24) is 10.2 Å². The van der Waals surface area contributed by atoms with Gasteiger partial charge in [0.15, 0.2) is 11.5 Å². The van der Waals surface area contributed by atoms with Crippen molar-refractivity contribution < 1.29 is 29.6 Å². The van der Waals surface area contributed by atoms with E-state index in [9.17, 15) is 19.8 Å². The number of nitrogens with one attached hydrogen (secondary N) is 1. The molecule has 1 aromatic rings. The van der Waals surface area contributed by atoms with E-state index >= 15 is 0 Å². The predicted molar refractivity (Wildman–Crippen MR) is 130 cm³/mol. The predicted octanol–water partition coefficient (Wildman–Crippen LogP) is 0.586. The Labute approximate surface area is 208 Å². The number of phenols is 1. The average Bonchev–Trinajstić information content (AvgIpc) is 3.55. The Morgan fingerprint density at radius 2 is 2.09 bits per heavy atom. The number of rotatable bonds is 8. The SMILES string of the molecule is N[C@@H](CSCC(=O)N[C@@H]1CC[C@@]2(O)[C@H]3Cc4ccc(O)c5c4[C@@]2(CCN3CC2CC2)[C@H]1O5)C(=O)O. The zero-order valence-corrected chi connectivity index (χ0v) is 20.4. The van der Waals surface area contributed by atoms with Crippen molar-refractivity contribution in [3.8, 4) is 11.5 Å². The number of phenolic OH excluding ortho intramolecular Hbond substituents is 1. The Balaban J connectivity index is 1.28. The third-order valence-electron chi connectivity index (χ3n) is 8.96. The standard InChI is InChI=1S/C25H33N3O6S/c26-15(23(31)32)11-35-12-19(30)27-16-5-6-25(33)18-9-14-3-4-17(29)21-20(14)24(25,22(16)34-21)7-8-28(18)10-13-1-2-13/h3-4,13,15-16,18,22,29,33H,1-2,5-12,26H2,(H,27,30)(H,31,32)/t15-,16+,18+,22-,24-,25+/m0/s1. The van der Waals surface area contributed by atoms with Gasteiger partial charge in [0.05, 0.1) is 22.8 Å². The molecule has 35 heavy (non-hydrogen) atoms. The summed E-state index contributed by atoms with van der Waals surface area (Å²) in [5.41, 5.74) is 5.95. The van der Waals surface area contributed by atoms with Crippen molar-refractivity contribution in [1.29, 1.82) is 0 Å². The lowest BCUT2D eigenvalue weighted by Gasteiger charge is -2.64. The number of carboxylic acids is 1. The third kappa shape index (κ3) is 3.48. The normalized spacial score (nSPS) is 35.7. The Kier molecular flexibility index (Phi) is 5.52. The molecule has 2 bridgehead atoms. The fourth-order valence-electron chi connectivity index (χ4n) is 7.23. The first-order valence-electron chi connectivity index (χ1n) is 12.6. The molecule has 6 atom stereocenters. The number of carboxylic acid groups (broad SMARTS) is 1. The summed E-state index contributed by atoms with van der Waals surface area (Å²) in [5.74, 6) is 0.224. The van der Waals surface area contributed by atoms with Gasteiger partial charge in [0.2, 0.25) is 5.91 Å². The van der Waals surface area contributed by atoms with Crippen molar-refractivity contribution in [2.24, 2.45) is 11.7 Å². The van der Waals surface area contributed by atoms with Crippen LogP contribution in [0, 0.1) is 5.92 Å². The highest BCUT2D eigenvalue weighted by molar-refractivity contribution is 8.00. The van der Waals surface area contributed by atoms with Gasteiger partial charge in [0.25, 0.3) is 0 Å². The van der Waals surface area contributed by atoms with Gasteiger partial charge in [-0.1, -0.05) is 6.07 Å². The largest absolute Gasteiger partial charge is 0.504 e. The monoisotopic (exact) mass is 503 g/mol. The molecule has 1 amide bonds. The molecule has 1 aromatic carbocycles. The molecule has 9 nitrogen and oxygen atoms in total. The molecule has 10 heteroatoms. The number of aliphatic carboxylic acids is 1. The average molecular weight is 504 g/mol.